The van der Waals surface area contributed by atoms with Gasteiger partial charge in [0.25, 0.3) is 0 Å². The van der Waals surface area contributed by atoms with Gasteiger partial charge in [0.05, 0.1) is 5.69 Å². The van der Waals surface area contributed by atoms with Gasteiger partial charge in [0.15, 0.2) is 0 Å². The van der Waals surface area contributed by atoms with Gasteiger partial charge in [0.1, 0.15) is 5.82 Å². The highest BCUT2D eigenvalue weighted by Crippen LogP contribution is 2.15. The topological polar surface area (TPSA) is 54.2 Å². The number of pyridine rings is 1. The van der Waals surface area contributed by atoms with Crippen molar-refractivity contribution in [3.63, 3.8) is 0 Å². The molecule has 0 fully saturated rings. The van der Waals surface area contributed by atoms with Crippen LogP contribution in [0.1, 0.15) is 32.4 Å². The molecule has 0 amide bonds. The SMILES string of the molecule is Cc1ccc(N)c(NCCCCN(C)C(C)C)n1. The Kier molecular flexibility index (Phi) is 5.92. The number of unbranched alkanes of at least 4 members (excludes halogenated alkanes) is 1. The molecule has 3 N–H and O–H groups in total. The molecule has 1 aromatic rings. The van der Waals surface area contributed by atoms with Crippen molar-refractivity contribution in [3.05, 3.63) is 17.8 Å². The molecule has 0 aliphatic carbocycles. The van der Waals surface area contributed by atoms with Gasteiger partial charge in [0, 0.05) is 18.3 Å². The Hall–Kier alpha value is -1.29. The van der Waals surface area contributed by atoms with Crippen molar-refractivity contribution in [1.29, 1.82) is 0 Å². The normalized spacial score (nSPS) is 11.2. The Balaban J connectivity index is 2.24. The van der Waals surface area contributed by atoms with Gasteiger partial charge in [0.2, 0.25) is 0 Å². The molecule has 0 aromatic carbocycles. The average Bonchev–Trinajstić information content (AvgIpc) is 2.32. The van der Waals surface area contributed by atoms with Crippen molar-refractivity contribution in [2.45, 2.75) is 39.7 Å². The van der Waals surface area contributed by atoms with Gasteiger partial charge >= 0.3 is 0 Å². The smallest absolute Gasteiger partial charge is 0.149 e. The van der Waals surface area contributed by atoms with Crippen LogP contribution in [0.5, 0.6) is 0 Å². The Labute approximate surface area is 111 Å². The summed E-state index contributed by atoms with van der Waals surface area (Å²) in [6, 6.07) is 4.45. The van der Waals surface area contributed by atoms with Crippen molar-refractivity contribution in [2.75, 3.05) is 31.2 Å². The molecule has 18 heavy (non-hydrogen) atoms. The van der Waals surface area contributed by atoms with Crippen molar-refractivity contribution in [3.8, 4) is 0 Å². The molecule has 1 aromatic heterocycles. The molecule has 1 heterocycles. The number of rotatable bonds is 7. The second kappa shape index (κ2) is 7.21. The van der Waals surface area contributed by atoms with Crippen molar-refractivity contribution in [1.82, 2.24) is 9.88 Å². The number of hydrogen-bond acceptors (Lipinski definition) is 4. The fraction of sp³-hybridized carbons (Fsp3) is 0.643. The number of aryl methyl sites for hydroxylation is 1. The summed E-state index contributed by atoms with van der Waals surface area (Å²) in [4.78, 5) is 6.75. The Morgan fingerprint density at radius 3 is 2.72 bits per heavy atom. The first-order valence-electron chi connectivity index (χ1n) is 6.68. The second-order valence-corrected chi connectivity index (χ2v) is 5.10. The zero-order valence-electron chi connectivity index (χ0n) is 12.0. The van der Waals surface area contributed by atoms with Crippen LogP contribution >= 0.6 is 0 Å². The Bertz CT molecular complexity index is 363. The summed E-state index contributed by atoms with van der Waals surface area (Å²) >= 11 is 0. The van der Waals surface area contributed by atoms with Gasteiger partial charge < -0.3 is 16.0 Å². The molecule has 0 spiro atoms. The zero-order chi connectivity index (χ0) is 13.5. The largest absolute Gasteiger partial charge is 0.396 e. The molecular formula is C14H26N4. The third-order valence-electron chi connectivity index (χ3n) is 3.18. The minimum atomic E-state index is 0.618. The molecule has 0 unspecified atom stereocenters. The van der Waals surface area contributed by atoms with E-state index in [0.717, 1.165) is 36.7 Å². The number of nitrogens with zero attached hydrogens (tertiary/aromatic N) is 2. The van der Waals surface area contributed by atoms with Crippen molar-refractivity contribution < 1.29 is 0 Å². The molecule has 0 saturated heterocycles. The van der Waals surface area contributed by atoms with E-state index in [9.17, 15) is 0 Å². The van der Waals surface area contributed by atoms with Crippen LogP contribution < -0.4 is 11.1 Å². The van der Waals surface area contributed by atoms with Crippen molar-refractivity contribution >= 4 is 11.5 Å². The van der Waals surface area contributed by atoms with Crippen LogP contribution in [0.3, 0.4) is 0 Å². The number of nitrogen functional groups attached to an aromatic ring is 1. The Morgan fingerprint density at radius 1 is 1.33 bits per heavy atom. The van der Waals surface area contributed by atoms with E-state index in [1.165, 1.54) is 6.42 Å². The van der Waals surface area contributed by atoms with Gasteiger partial charge in [-0.25, -0.2) is 4.98 Å². The molecule has 0 radical (unpaired) electrons. The van der Waals surface area contributed by atoms with Gasteiger partial charge in [-0.15, -0.1) is 0 Å². The van der Waals surface area contributed by atoms with Crippen LogP contribution in [-0.4, -0.2) is 36.1 Å². The molecule has 1 rings (SSSR count). The van der Waals surface area contributed by atoms with Gasteiger partial charge in [-0.05, 0) is 59.3 Å². The van der Waals surface area contributed by atoms with E-state index in [1.807, 2.05) is 19.1 Å². The average molecular weight is 250 g/mol. The molecule has 4 nitrogen and oxygen atoms in total. The van der Waals surface area contributed by atoms with Crippen LogP contribution in [0.2, 0.25) is 0 Å². The first-order chi connectivity index (χ1) is 8.50. The highest BCUT2D eigenvalue weighted by Gasteiger charge is 2.03. The van der Waals surface area contributed by atoms with Crippen LogP contribution in [0.4, 0.5) is 11.5 Å². The maximum atomic E-state index is 5.86. The van der Waals surface area contributed by atoms with Crippen LogP contribution in [0, 0.1) is 6.92 Å². The Morgan fingerprint density at radius 2 is 2.06 bits per heavy atom. The summed E-state index contributed by atoms with van der Waals surface area (Å²) in [5.41, 5.74) is 7.57. The zero-order valence-corrected chi connectivity index (χ0v) is 12.0. The van der Waals surface area contributed by atoms with E-state index in [-0.39, 0.29) is 0 Å². The molecule has 0 atom stereocenters. The van der Waals surface area contributed by atoms with E-state index in [1.54, 1.807) is 0 Å². The highest BCUT2D eigenvalue weighted by atomic mass is 15.1. The maximum Gasteiger partial charge on any atom is 0.149 e. The summed E-state index contributed by atoms with van der Waals surface area (Å²) in [5.74, 6) is 0.812. The van der Waals surface area contributed by atoms with E-state index < -0.39 is 0 Å². The number of anilines is 2. The van der Waals surface area contributed by atoms with Crippen LogP contribution in [0.25, 0.3) is 0 Å². The lowest BCUT2D eigenvalue weighted by molar-refractivity contribution is 0.269. The lowest BCUT2D eigenvalue weighted by Gasteiger charge is -2.20. The summed E-state index contributed by atoms with van der Waals surface area (Å²) < 4.78 is 0. The molecule has 0 saturated carbocycles. The number of hydrogen-bond donors (Lipinski definition) is 2. The summed E-state index contributed by atoms with van der Waals surface area (Å²) in [6.45, 7) is 8.47. The van der Waals surface area contributed by atoms with E-state index in [0.29, 0.717) is 6.04 Å². The third-order valence-corrected chi connectivity index (χ3v) is 3.18. The number of nitrogens with two attached hydrogens (primary N) is 1. The minimum absolute atomic E-state index is 0.618. The molecule has 0 aliphatic rings. The van der Waals surface area contributed by atoms with Gasteiger partial charge in [-0.1, -0.05) is 0 Å². The van der Waals surface area contributed by atoms with E-state index in [2.05, 4.69) is 36.1 Å². The maximum absolute atomic E-state index is 5.86. The quantitative estimate of drug-likeness (QED) is 0.730. The molecule has 102 valence electrons. The van der Waals surface area contributed by atoms with Gasteiger partial charge in [-0.3, -0.25) is 0 Å². The van der Waals surface area contributed by atoms with Crippen LogP contribution in [0.15, 0.2) is 12.1 Å². The molecule has 0 bridgehead atoms. The first kappa shape index (κ1) is 14.8. The summed E-state index contributed by atoms with van der Waals surface area (Å²) in [5, 5.41) is 3.30. The number of nitrogens with one attached hydrogen (secondary N) is 1. The standard InChI is InChI=1S/C14H26N4/c1-11(2)18(4)10-6-5-9-16-14-13(15)8-7-12(3)17-14/h7-8,11H,5-6,9-10,15H2,1-4H3,(H,16,17). The first-order valence-corrected chi connectivity index (χ1v) is 6.68. The summed E-state index contributed by atoms with van der Waals surface area (Å²) in [6.07, 6.45) is 2.32. The second-order valence-electron chi connectivity index (χ2n) is 5.10. The monoisotopic (exact) mass is 250 g/mol. The lowest BCUT2D eigenvalue weighted by Crippen LogP contribution is -2.27. The van der Waals surface area contributed by atoms with Crippen LogP contribution in [-0.2, 0) is 0 Å². The van der Waals surface area contributed by atoms with Gasteiger partial charge in [-0.2, -0.15) is 0 Å². The van der Waals surface area contributed by atoms with E-state index >= 15 is 0 Å². The fourth-order valence-electron chi connectivity index (χ4n) is 1.66. The molecular weight excluding hydrogens is 224 g/mol. The highest BCUT2D eigenvalue weighted by molar-refractivity contribution is 5.61. The number of aromatic nitrogens is 1. The predicted octanol–water partition coefficient (Wildman–Crippen LogP) is 2.50. The third kappa shape index (κ3) is 4.92. The van der Waals surface area contributed by atoms with Crippen molar-refractivity contribution in [2.24, 2.45) is 0 Å². The molecule has 0 aliphatic heterocycles. The molecule has 4 heteroatoms. The summed E-state index contributed by atoms with van der Waals surface area (Å²) in [7, 11) is 2.16. The minimum Gasteiger partial charge on any atom is -0.396 e. The lowest BCUT2D eigenvalue weighted by atomic mass is 10.2. The predicted molar refractivity (Wildman–Crippen MR) is 78.9 cm³/mol. The van der Waals surface area contributed by atoms with E-state index in [4.69, 9.17) is 5.73 Å². The fourth-order valence-corrected chi connectivity index (χ4v) is 1.66.